The predicted octanol–water partition coefficient (Wildman–Crippen LogP) is 2.44. The molecule has 1 atom stereocenters. The van der Waals surface area contributed by atoms with Gasteiger partial charge in [-0.1, -0.05) is 30.3 Å². The first-order valence-electron chi connectivity index (χ1n) is 3.74. The Hall–Kier alpha value is -1.08. The second kappa shape index (κ2) is 2.51. The Morgan fingerprint density at radius 1 is 1.45 bits per heavy atom. The molecule has 2 rings (SSSR count). The van der Waals surface area contributed by atoms with E-state index < -0.39 is 0 Å². The number of rotatable bonds is 1. The Bertz CT molecular complexity index is 278. The fourth-order valence-corrected chi connectivity index (χ4v) is 1.41. The van der Waals surface area contributed by atoms with Gasteiger partial charge in [0.15, 0.2) is 0 Å². The highest BCUT2D eigenvalue weighted by Crippen LogP contribution is 2.30. The lowest BCUT2D eigenvalue weighted by Crippen LogP contribution is -1.88. The molecular formula is C10H10O. The van der Waals surface area contributed by atoms with Crippen LogP contribution in [0.15, 0.2) is 36.9 Å². The minimum absolute atomic E-state index is 0.117. The smallest absolute Gasteiger partial charge is 0.101 e. The Balaban J connectivity index is 2.46. The average molecular weight is 146 g/mol. The van der Waals surface area contributed by atoms with Crippen molar-refractivity contribution in [2.24, 2.45) is 0 Å². The van der Waals surface area contributed by atoms with Gasteiger partial charge >= 0.3 is 0 Å². The van der Waals surface area contributed by atoms with Crippen molar-refractivity contribution in [1.29, 1.82) is 0 Å². The minimum atomic E-state index is 0.117. The average Bonchev–Trinajstić information content (AvgIpc) is 2.47. The summed E-state index contributed by atoms with van der Waals surface area (Å²) < 4.78 is 5.45. The van der Waals surface area contributed by atoms with E-state index >= 15 is 0 Å². The molecule has 0 bridgehead atoms. The summed E-state index contributed by atoms with van der Waals surface area (Å²) in [6.07, 6.45) is 1.96. The Labute approximate surface area is 66.3 Å². The first-order valence-corrected chi connectivity index (χ1v) is 3.74. The molecule has 1 heterocycles. The lowest BCUT2D eigenvalue weighted by Gasteiger charge is -2.02. The molecule has 0 amide bonds. The van der Waals surface area contributed by atoms with Crippen molar-refractivity contribution in [1.82, 2.24) is 0 Å². The van der Waals surface area contributed by atoms with Crippen LogP contribution < -0.4 is 0 Å². The zero-order valence-electron chi connectivity index (χ0n) is 6.29. The standard InChI is InChI=1S/C10H10O/c1-2-10-9-6-4-3-5-8(9)7-11-10/h2-6,10H,1,7H2/t10-/m1/s1. The maximum Gasteiger partial charge on any atom is 0.101 e. The van der Waals surface area contributed by atoms with E-state index in [-0.39, 0.29) is 6.10 Å². The van der Waals surface area contributed by atoms with Gasteiger partial charge in [0.2, 0.25) is 0 Å². The molecule has 0 spiro atoms. The van der Waals surface area contributed by atoms with E-state index in [1.54, 1.807) is 0 Å². The van der Waals surface area contributed by atoms with E-state index in [9.17, 15) is 0 Å². The van der Waals surface area contributed by atoms with Gasteiger partial charge in [0, 0.05) is 0 Å². The van der Waals surface area contributed by atoms with E-state index in [0.29, 0.717) is 0 Å². The first kappa shape index (κ1) is 6.62. The third-order valence-corrected chi connectivity index (χ3v) is 1.99. The highest BCUT2D eigenvalue weighted by atomic mass is 16.5. The Kier molecular flexibility index (Phi) is 1.51. The third-order valence-electron chi connectivity index (χ3n) is 1.99. The van der Waals surface area contributed by atoms with Crippen molar-refractivity contribution in [3.05, 3.63) is 48.0 Å². The van der Waals surface area contributed by atoms with Crippen LogP contribution in [0, 0.1) is 0 Å². The van der Waals surface area contributed by atoms with E-state index in [4.69, 9.17) is 4.74 Å². The molecule has 11 heavy (non-hydrogen) atoms. The van der Waals surface area contributed by atoms with E-state index in [1.165, 1.54) is 11.1 Å². The van der Waals surface area contributed by atoms with Crippen LogP contribution in [0.5, 0.6) is 0 Å². The van der Waals surface area contributed by atoms with Crippen molar-refractivity contribution in [3.8, 4) is 0 Å². The SMILES string of the molecule is C=C[C@H]1OCc2ccccc21. The Morgan fingerprint density at radius 3 is 3.09 bits per heavy atom. The summed E-state index contributed by atoms with van der Waals surface area (Å²) in [5.41, 5.74) is 2.56. The molecular weight excluding hydrogens is 136 g/mol. The Morgan fingerprint density at radius 2 is 2.27 bits per heavy atom. The normalized spacial score (nSPS) is 21.3. The van der Waals surface area contributed by atoms with E-state index in [1.807, 2.05) is 18.2 Å². The van der Waals surface area contributed by atoms with Gasteiger partial charge in [-0.3, -0.25) is 0 Å². The molecule has 0 N–H and O–H groups in total. The lowest BCUT2D eigenvalue weighted by molar-refractivity contribution is 0.0994. The molecule has 1 heteroatoms. The summed E-state index contributed by atoms with van der Waals surface area (Å²) in [6.45, 7) is 4.45. The summed E-state index contributed by atoms with van der Waals surface area (Å²) in [7, 11) is 0. The molecule has 1 nitrogen and oxygen atoms in total. The minimum Gasteiger partial charge on any atom is -0.365 e. The molecule has 0 aromatic heterocycles. The summed E-state index contributed by atoms with van der Waals surface area (Å²) in [4.78, 5) is 0. The van der Waals surface area contributed by atoms with Crippen LogP contribution in [-0.2, 0) is 11.3 Å². The molecule has 56 valence electrons. The molecule has 1 aliphatic rings. The fraction of sp³-hybridized carbons (Fsp3) is 0.200. The summed E-state index contributed by atoms with van der Waals surface area (Å²) in [5, 5.41) is 0. The number of fused-ring (bicyclic) bond motifs is 1. The van der Waals surface area contributed by atoms with Gasteiger partial charge in [-0.2, -0.15) is 0 Å². The lowest BCUT2D eigenvalue weighted by atomic mass is 10.1. The van der Waals surface area contributed by atoms with E-state index in [2.05, 4.69) is 18.7 Å². The predicted molar refractivity (Wildman–Crippen MR) is 44.2 cm³/mol. The van der Waals surface area contributed by atoms with Crippen LogP contribution >= 0.6 is 0 Å². The maximum absolute atomic E-state index is 5.45. The number of benzene rings is 1. The monoisotopic (exact) mass is 146 g/mol. The molecule has 0 radical (unpaired) electrons. The highest BCUT2D eigenvalue weighted by molar-refractivity contribution is 5.33. The van der Waals surface area contributed by atoms with Crippen LogP contribution in [0.25, 0.3) is 0 Å². The summed E-state index contributed by atoms with van der Waals surface area (Å²) in [5.74, 6) is 0. The van der Waals surface area contributed by atoms with Crippen LogP contribution in [0.4, 0.5) is 0 Å². The number of hydrogen-bond donors (Lipinski definition) is 0. The van der Waals surface area contributed by atoms with Gasteiger partial charge in [0.1, 0.15) is 6.10 Å². The van der Waals surface area contributed by atoms with Gasteiger partial charge in [0.25, 0.3) is 0 Å². The van der Waals surface area contributed by atoms with Crippen molar-refractivity contribution < 1.29 is 4.74 Å². The van der Waals surface area contributed by atoms with Crippen molar-refractivity contribution in [3.63, 3.8) is 0 Å². The second-order valence-corrected chi connectivity index (χ2v) is 2.67. The second-order valence-electron chi connectivity index (χ2n) is 2.67. The molecule has 0 saturated heterocycles. The summed E-state index contributed by atoms with van der Waals surface area (Å²) in [6, 6.07) is 8.26. The third kappa shape index (κ3) is 0.976. The first-order chi connectivity index (χ1) is 5.42. The van der Waals surface area contributed by atoms with Crippen LogP contribution in [-0.4, -0.2) is 0 Å². The van der Waals surface area contributed by atoms with Crippen LogP contribution in [0.3, 0.4) is 0 Å². The maximum atomic E-state index is 5.45. The zero-order chi connectivity index (χ0) is 7.68. The van der Waals surface area contributed by atoms with Gasteiger partial charge in [-0.15, -0.1) is 6.58 Å². The molecule has 0 aliphatic carbocycles. The highest BCUT2D eigenvalue weighted by Gasteiger charge is 2.18. The molecule has 0 fully saturated rings. The molecule has 1 aliphatic heterocycles. The van der Waals surface area contributed by atoms with Gasteiger partial charge in [-0.05, 0) is 11.1 Å². The zero-order valence-corrected chi connectivity index (χ0v) is 6.29. The largest absolute Gasteiger partial charge is 0.365 e. The van der Waals surface area contributed by atoms with Gasteiger partial charge < -0.3 is 4.74 Å². The van der Waals surface area contributed by atoms with Crippen molar-refractivity contribution in [2.45, 2.75) is 12.7 Å². The summed E-state index contributed by atoms with van der Waals surface area (Å²) >= 11 is 0. The molecule has 1 aromatic rings. The number of ether oxygens (including phenoxy) is 1. The van der Waals surface area contributed by atoms with E-state index in [0.717, 1.165) is 6.61 Å². The van der Waals surface area contributed by atoms with Gasteiger partial charge in [0.05, 0.1) is 6.61 Å². The topological polar surface area (TPSA) is 9.23 Å². The fourth-order valence-electron chi connectivity index (χ4n) is 1.41. The van der Waals surface area contributed by atoms with Crippen molar-refractivity contribution >= 4 is 0 Å². The van der Waals surface area contributed by atoms with Crippen molar-refractivity contribution in [2.75, 3.05) is 0 Å². The number of hydrogen-bond acceptors (Lipinski definition) is 1. The van der Waals surface area contributed by atoms with Crippen LogP contribution in [0.1, 0.15) is 17.2 Å². The molecule has 0 unspecified atom stereocenters. The van der Waals surface area contributed by atoms with Crippen LogP contribution in [0.2, 0.25) is 0 Å². The molecule has 0 saturated carbocycles. The molecule has 1 aromatic carbocycles. The quantitative estimate of drug-likeness (QED) is 0.553. The van der Waals surface area contributed by atoms with Gasteiger partial charge in [-0.25, -0.2) is 0 Å².